The maximum absolute atomic E-state index is 12.5. The minimum Gasteiger partial charge on any atom is -0.466 e. The van der Waals surface area contributed by atoms with Crippen LogP contribution in [0.1, 0.15) is 45.1 Å². The first-order valence-corrected chi connectivity index (χ1v) is 10.3. The zero-order valence-electron chi connectivity index (χ0n) is 17.3. The van der Waals surface area contributed by atoms with Crippen molar-refractivity contribution in [3.8, 4) is 0 Å². The van der Waals surface area contributed by atoms with Crippen LogP contribution in [0.15, 0.2) is 47.6 Å². The van der Waals surface area contributed by atoms with Crippen LogP contribution in [0.25, 0.3) is 0 Å². The topological polar surface area (TPSA) is 95.7 Å². The Morgan fingerprint density at radius 1 is 1.33 bits per heavy atom. The van der Waals surface area contributed by atoms with Gasteiger partial charge in [0, 0.05) is 30.0 Å². The first kappa shape index (κ1) is 21.7. The van der Waals surface area contributed by atoms with Gasteiger partial charge in [0.15, 0.2) is 0 Å². The molecule has 1 heterocycles. The molecular formula is C23H27NO6. The Kier molecular flexibility index (Phi) is 7.03. The van der Waals surface area contributed by atoms with Gasteiger partial charge in [-0.05, 0) is 45.1 Å². The molecule has 0 radical (unpaired) electrons. The molecule has 0 saturated carbocycles. The van der Waals surface area contributed by atoms with E-state index in [1.165, 1.54) is 17.7 Å². The van der Waals surface area contributed by atoms with E-state index in [1.54, 1.807) is 19.1 Å². The molecule has 1 aliphatic carbocycles. The van der Waals surface area contributed by atoms with E-state index in [4.69, 9.17) is 9.47 Å². The van der Waals surface area contributed by atoms with Crippen molar-refractivity contribution in [3.63, 3.8) is 0 Å². The second-order valence-corrected chi connectivity index (χ2v) is 7.91. The van der Waals surface area contributed by atoms with Crippen LogP contribution >= 0.6 is 0 Å². The van der Waals surface area contributed by atoms with Gasteiger partial charge in [-0.2, -0.15) is 0 Å². The number of esters is 2. The van der Waals surface area contributed by atoms with Crippen LogP contribution in [-0.2, 0) is 25.5 Å². The summed E-state index contributed by atoms with van der Waals surface area (Å²) < 4.78 is 10.8. The first-order chi connectivity index (χ1) is 14.4. The molecule has 3 atom stereocenters. The summed E-state index contributed by atoms with van der Waals surface area (Å²) in [5.41, 5.74) is 2.74. The van der Waals surface area contributed by atoms with E-state index in [0.717, 1.165) is 18.4 Å². The molecule has 3 rings (SSSR count). The van der Waals surface area contributed by atoms with E-state index in [-0.39, 0.29) is 42.7 Å². The number of nitro groups is 1. The monoisotopic (exact) mass is 413 g/mol. The molecule has 7 nitrogen and oxygen atoms in total. The predicted molar refractivity (Wildman–Crippen MR) is 111 cm³/mol. The Morgan fingerprint density at radius 2 is 2.07 bits per heavy atom. The fourth-order valence-electron chi connectivity index (χ4n) is 4.03. The lowest BCUT2D eigenvalue weighted by atomic mass is 9.82. The van der Waals surface area contributed by atoms with Crippen LogP contribution in [0.3, 0.4) is 0 Å². The van der Waals surface area contributed by atoms with Crippen molar-refractivity contribution in [1.82, 2.24) is 0 Å². The average molecular weight is 413 g/mol. The van der Waals surface area contributed by atoms with Crippen molar-refractivity contribution in [2.24, 2.45) is 11.8 Å². The fourth-order valence-corrected chi connectivity index (χ4v) is 4.03. The van der Waals surface area contributed by atoms with Gasteiger partial charge in [0.1, 0.15) is 6.10 Å². The molecule has 1 aromatic carbocycles. The molecule has 160 valence electrons. The van der Waals surface area contributed by atoms with Gasteiger partial charge in [-0.1, -0.05) is 29.9 Å². The number of allylic oxidation sites excluding steroid dienone is 1. The molecular weight excluding hydrogens is 386 g/mol. The number of nitro benzene ring substituents is 1. The molecule has 0 spiro atoms. The standard InChI is InChI=1S/C23H27NO6/c1-3-29-22(25)17(8-5-16-6-9-20(10-7-16)24(27)28)13-19-14-18-12-15(2)4-11-21(18)30-23(19)26/h4,6-7,9-10,14,17-18,21H,3,5,8,11-13H2,1-2H3. The van der Waals surface area contributed by atoms with Gasteiger partial charge in [0.05, 0.1) is 17.4 Å². The van der Waals surface area contributed by atoms with E-state index in [0.29, 0.717) is 18.4 Å². The van der Waals surface area contributed by atoms with E-state index in [2.05, 4.69) is 13.0 Å². The maximum Gasteiger partial charge on any atom is 0.334 e. The number of hydrogen-bond donors (Lipinski definition) is 0. The van der Waals surface area contributed by atoms with Crippen molar-refractivity contribution >= 4 is 17.6 Å². The molecule has 1 aliphatic heterocycles. The van der Waals surface area contributed by atoms with Crippen LogP contribution in [0.4, 0.5) is 5.69 Å². The highest BCUT2D eigenvalue weighted by atomic mass is 16.6. The number of carbonyl (C=O) groups excluding carboxylic acids is 2. The summed E-state index contributed by atoms with van der Waals surface area (Å²) in [7, 11) is 0. The number of non-ortho nitro benzene ring substituents is 1. The summed E-state index contributed by atoms with van der Waals surface area (Å²) in [6.07, 6.45) is 6.86. The highest BCUT2D eigenvalue weighted by Gasteiger charge is 2.34. The van der Waals surface area contributed by atoms with Crippen LogP contribution in [0, 0.1) is 22.0 Å². The molecule has 0 fully saturated rings. The molecule has 0 amide bonds. The molecule has 0 saturated heterocycles. The summed E-state index contributed by atoms with van der Waals surface area (Å²) in [5.74, 6) is -1.01. The Morgan fingerprint density at radius 3 is 2.73 bits per heavy atom. The lowest BCUT2D eigenvalue weighted by Gasteiger charge is -2.33. The van der Waals surface area contributed by atoms with E-state index in [9.17, 15) is 19.7 Å². The number of nitrogens with zero attached hydrogens (tertiary/aromatic N) is 1. The van der Waals surface area contributed by atoms with Gasteiger partial charge in [-0.3, -0.25) is 14.9 Å². The smallest absolute Gasteiger partial charge is 0.334 e. The molecule has 7 heteroatoms. The third-order valence-corrected chi connectivity index (χ3v) is 5.68. The SMILES string of the molecule is CCOC(=O)C(CCc1ccc([N+](=O)[O-])cc1)CC1=CC2CC(C)=CCC2OC1=O. The lowest BCUT2D eigenvalue weighted by Crippen LogP contribution is -2.34. The van der Waals surface area contributed by atoms with E-state index in [1.807, 2.05) is 6.08 Å². The number of carbonyl (C=O) groups is 2. The Bertz CT molecular complexity index is 870. The first-order valence-electron chi connectivity index (χ1n) is 10.3. The molecule has 1 aromatic rings. The van der Waals surface area contributed by atoms with Gasteiger partial charge in [0.25, 0.3) is 5.69 Å². The fraction of sp³-hybridized carbons (Fsp3) is 0.478. The molecule has 0 N–H and O–H groups in total. The quantitative estimate of drug-likeness (QED) is 0.273. The Hall–Kier alpha value is -2.96. The zero-order chi connectivity index (χ0) is 21.7. The molecule has 30 heavy (non-hydrogen) atoms. The summed E-state index contributed by atoms with van der Waals surface area (Å²) in [6.45, 7) is 4.10. The third-order valence-electron chi connectivity index (χ3n) is 5.68. The van der Waals surface area contributed by atoms with Crippen molar-refractivity contribution in [2.75, 3.05) is 6.61 Å². The summed E-state index contributed by atoms with van der Waals surface area (Å²) in [4.78, 5) is 35.4. The van der Waals surface area contributed by atoms with Crippen LogP contribution in [-0.4, -0.2) is 29.6 Å². The average Bonchev–Trinajstić information content (AvgIpc) is 2.72. The lowest BCUT2D eigenvalue weighted by molar-refractivity contribution is -0.384. The summed E-state index contributed by atoms with van der Waals surface area (Å²) in [6, 6.07) is 6.29. The van der Waals surface area contributed by atoms with Crippen molar-refractivity contribution in [1.29, 1.82) is 0 Å². The third kappa shape index (κ3) is 5.34. The molecule has 0 bridgehead atoms. The predicted octanol–water partition coefficient (Wildman–Crippen LogP) is 4.30. The number of fused-ring (bicyclic) bond motifs is 1. The van der Waals surface area contributed by atoms with Gasteiger partial charge < -0.3 is 9.47 Å². The van der Waals surface area contributed by atoms with Gasteiger partial charge in [-0.15, -0.1) is 0 Å². The molecule has 0 aromatic heterocycles. The van der Waals surface area contributed by atoms with E-state index >= 15 is 0 Å². The summed E-state index contributed by atoms with van der Waals surface area (Å²) >= 11 is 0. The minimum atomic E-state index is -0.476. The largest absolute Gasteiger partial charge is 0.466 e. The molecule has 3 unspecified atom stereocenters. The van der Waals surface area contributed by atoms with Crippen LogP contribution in [0.5, 0.6) is 0 Å². The van der Waals surface area contributed by atoms with Crippen molar-refractivity contribution < 1.29 is 24.0 Å². The molecule has 2 aliphatic rings. The number of aryl methyl sites for hydroxylation is 1. The minimum absolute atomic E-state index is 0.0298. The Labute approximate surface area is 175 Å². The maximum atomic E-state index is 12.5. The number of ether oxygens (including phenoxy) is 2. The van der Waals surface area contributed by atoms with Gasteiger partial charge in [0.2, 0.25) is 0 Å². The normalized spacial score (nSPS) is 21.6. The van der Waals surface area contributed by atoms with Gasteiger partial charge >= 0.3 is 11.9 Å². The summed E-state index contributed by atoms with van der Waals surface area (Å²) in [5, 5.41) is 10.8. The van der Waals surface area contributed by atoms with Crippen molar-refractivity contribution in [3.05, 3.63) is 63.2 Å². The second kappa shape index (κ2) is 9.69. The highest BCUT2D eigenvalue weighted by molar-refractivity contribution is 5.90. The van der Waals surface area contributed by atoms with Crippen LogP contribution in [0.2, 0.25) is 0 Å². The number of hydrogen-bond acceptors (Lipinski definition) is 6. The van der Waals surface area contributed by atoms with Crippen molar-refractivity contribution in [2.45, 2.75) is 52.1 Å². The van der Waals surface area contributed by atoms with Gasteiger partial charge in [-0.25, -0.2) is 4.79 Å². The second-order valence-electron chi connectivity index (χ2n) is 7.91. The van der Waals surface area contributed by atoms with Crippen LogP contribution < -0.4 is 0 Å². The number of benzene rings is 1. The van der Waals surface area contributed by atoms with E-state index < -0.39 is 10.8 Å². The highest BCUT2D eigenvalue weighted by Crippen LogP contribution is 2.34. The number of rotatable bonds is 8. The Balaban J connectivity index is 1.70. The zero-order valence-corrected chi connectivity index (χ0v) is 17.3.